The highest BCUT2D eigenvalue weighted by Crippen LogP contribution is 2.67. The van der Waals surface area contributed by atoms with E-state index < -0.39 is 0 Å². The summed E-state index contributed by atoms with van der Waals surface area (Å²) in [7, 11) is 3.73. The van der Waals surface area contributed by atoms with Gasteiger partial charge in [-0.05, 0) is 62.2 Å². The van der Waals surface area contributed by atoms with Gasteiger partial charge in [-0.25, -0.2) is 0 Å². The number of methoxy groups -OCH3 is 2. The molecule has 0 radical (unpaired) electrons. The molecule has 4 fully saturated rings. The van der Waals surface area contributed by atoms with Gasteiger partial charge in [0.15, 0.2) is 0 Å². The Hall–Kier alpha value is -0.420. The lowest BCUT2D eigenvalue weighted by atomic mass is 9.64. The van der Waals surface area contributed by atoms with Crippen LogP contribution < -0.4 is 0 Å². The van der Waals surface area contributed by atoms with Crippen molar-refractivity contribution in [1.29, 1.82) is 0 Å². The fourth-order valence-electron chi connectivity index (χ4n) is 7.90. The molecule has 0 aromatic rings. The van der Waals surface area contributed by atoms with Crippen molar-refractivity contribution in [2.24, 2.45) is 29.6 Å². The Labute approximate surface area is 157 Å². The van der Waals surface area contributed by atoms with Crippen LogP contribution in [0.1, 0.15) is 51.9 Å². The minimum absolute atomic E-state index is 0.101. The van der Waals surface area contributed by atoms with Crippen molar-refractivity contribution in [2.45, 2.75) is 75.3 Å². The maximum absolute atomic E-state index is 6.60. The molecule has 5 rings (SSSR count). The minimum atomic E-state index is -0.260. The number of allylic oxidation sites excluding steroid dienone is 2. The van der Waals surface area contributed by atoms with Crippen molar-refractivity contribution in [3.05, 3.63) is 12.2 Å². The van der Waals surface area contributed by atoms with Crippen molar-refractivity contribution < 1.29 is 18.9 Å². The maximum atomic E-state index is 6.60. The predicted molar refractivity (Wildman–Crippen MR) is 98.7 cm³/mol. The van der Waals surface area contributed by atoms with Crippen LogP contribution >= 0.6 is 0 Å². The van der Waals surface area contributed by atoms with Crippen LogP contribution in [-0.2, 0) is 18.9 Å². The molecular weight excluding hydrogens is 328 g/mol. The van der Waals surface area contributed by atoms with E-state index in [0.29, 0.717) is 30.5 Å². The van der Waals surface area contributed by atoms with Crippen LogP contribution in [0.2, 0.25) is 0 Å². The van der Waals surface area contributed by atoms with Gasteiger partial charge in [-0.15, -0.1) is 0 Å². The lowest BCUT2D eigenvalue weighted by Gasteiger charge is -2.52. The van der Waals surface area contributed by atoms with Crippen LogP contribution in [0.25, 0.3) is 0 Å². The van der Waals surface area contributed by atoms with E-state index in [2.05, 4.69) is 19.1 Å². The standard InChI is InChI=1S/C22H34O4/c1-4-14-7-5-6-8-16-15(14)9-10-21-12-19(23-2)17-11-18(16)22(21,20(17)24-3)26-13-25-21/h5,7,14-20H,4,6,8-13H2,1-3H3/t14?,15?,16?,17-,18?,19?,20+,21+,22?/m1/s1. The summed E-state index contributed by atoms with van der Waals surface area (Å²) in [6.07, 6.45) is 13.5. The van der Waals surface area contributed by atoms with E-state index in [-0.39, 0.29) is 23.4 Å². The highest BCUT2D eigenvalue weighted by molar-refractivity contribution is 5.26. The van der Waals surface area contributed by atoms with Gasteiger partial charge >= 0.3 is 0 Å². The second-order valence-corrected chi connectivity index (χ2v) is 9.28. The highest BCUT2D eigenvalue weighted by atomic mass is 16.7. The van der Waals surface area contributed by atoms with Crippen LogP contribution in [0.3, 0.4) is 0 Å². The third-order valence-corrected chi connectivity index (χ3v) is 8.82. The molecule has 146 valence electrons. The van der Waals surface area contributed by atoms with Gasteiger partial charge in [0.2, 0.25) is 0 Å². The number of fused-ring (bicyclic) bond motifs is 3. The van der Waals surface area contributed by atoms with Crippen LogP contribution in [0, 0.1) is 29.6 Å². The molecule has 3 saturated carbocycles. The molecule has 0 amide bonds. The zero-order valence-corrected chi connectivity index (χ0v) is 16.5. The molecule has 1 saturated heterocycles. The summed E-state index contributed by atoms with van der Waals surface area (Å²) < 4.78 is 25.2. The Balaban J connectivity index is 1.63. The molecule has 6 unspecified atom stereocenters. The summed E-state index contributed by atoms with van der Waals surface area (Å²) in [4.78, 5) is 0. The van der Waals surface area contributed by atoms with Gasteiger partial charge in [-0.3, -0.25) is 0 Å². The molecule has 9 atom stereocenters. The number of hydrogen-bond donors (Lipinski definition) is 0. The lowest BCUT2D eigenvalue weighted by molar-refractivity contribution is -0.203. The van der Waals surface area contributed by atoms with Crippen LogP contribution in [0.5, 0.6) is 0 Å². The first-order valence-electron chi connectivity index (χ1n) is 10.7. The second kappa shape index (κ2) is 6.30. The first kappa shape index (κ1) is 17.7. The van der Waals surface area contributed by atoms with Gasteiger partial charge in [0.1, 0.15) is 18.0 Å². The third kappa shape index (κ3) is 2.05. The Morgan fingerprint density at radius 3 is 2.73 bits per heavy atom. The molecule has 0 aromatic heterocycles. The molecule has 0 N–H and O–H groups in total. The average molecular weight is 363 g/mol. The van der Waals surface area contributed by atoms with Crippen molar-refractivity contribution in [2.75, 3.05) is 21.0 Å². The molecule has 0 aromatic carbocycles. The van der Waals surface area contributed by atoms with Crippen LogP contribution in [-0.4, -0.2) is 44.4 Å². The average Bonchev–Trinajstić information content (AvgIpc) is 3.04. The van der Waals surface area contributed by atoms with Crippen molar-refractivity contribution in [3.8, 4) is 0 Å². The van der Waals surface area contributed by atoms with Crippen LogP contribution in [0.15, 0.2) is 12.2 Å². The van der Waals surface area contributed by atoms with E-state index in [1.807, 2.05) is 14.2 Å². The largest absolute Gasteiger partial charge is 0.381 e. The fourth-order valence-corrected chi connectivity index (χ4v) is 7.90. The van der Waals surface area contributed by atoms with Gasteiger partial charge < -0.3 is 18.9 Å². The molecule has 26 heavy (non-hydrogen) atoms. The first-order chi connectivity index (χ1) is 12.7. The summed E-state index contributed by atoms with van der Waals surface area (Å²) in [5.74, 6) is 3.12. The topological polar surface area (TPSA) is 36.9 Å². The summed E-state index contributed by atoms with van der Waals surface area (Å²) in [5.41, 5.74) is -0.482. The Morgan fingerprint density at radius 2 is 1.96 bits per heavy atom. The Morgan fingerprint density at radius 1 is 1.08 bits per heavy atom. The zero-order chi connectivity index (χ0) is 17.9. The van der Waals surface area contributed by atoms with E-state index in [4.69, 9.17) is 18.9 Å². The molecule has 2 bridgehead atoms. The van der Waals surface area contributed by atoms with E-state index in [0.717, 1.165) is 18.8 Å². The molecule has 1 aliphatic heterocycles. The molecule has 4 nitrogen and oxygen atoms in total. The van der Waals surface area contributed by atoms with E-state index >= 15 is 0 Å². The van der Waals surface area contributed by atoms with Gasteiger partial charge in [0.05, 0.1) is 12.2 Å². The monoisotopic (exact) mass is 362 g/mol. The first-order valence-corrected chi connectivity index (χ1v) is 10.7. The summed E-state index contributed by atoms with van der Waals surface area (Å²) in [6, 6.07) is 0. The molecular formula is C22H34O4. The number of rotatable bonds is 3. The maximum Gasteiger partial charge on any atom is 0.148 e. The molecule has 5 aliphatic rings. The third-order valence-electron chi connectivity index (χ3n) is 8.82. The van der Waals surface area contributed by atoms with Crippen molar-refractivity contribution in [3.63, 3.8) is 0 Å². The zero-order valence-electron chi connectivity index (χ0n) is 16.5. The summed E-state index contributed by atoms with van der Waals surface area (Å²) >= 11 is 0. The van der Waals surface area contributed by atoms with Crippen LogP contribution in [0.4, 0.5) is 0 Å². The van der Waals surface area contributed by atoms with Gasteiger partial charge in [0, 0.05) is 26.6 Å². The predicted octanol–water partition coefficient (Wildman–Crippen LogP) is 3.94. The molecule has 4 heteroatoms. The van der Waals surface area contributed by atoms with E-state index in [1.54, 1.807) is 0 Å². The van der Waals surface area contributed by atoms with E-state index in [9.17, 15) is 0 Å². The summed E-state index contributed by atoms with van der Waals surface area (Å²) in [5, 5.41) is 0. The highest BCUT2D eigenvalue weighted by Gasteiger charge is 2.77. The number of ether oxygens (including phenoxy) is 4. The molecule has 1 heterocycles. The van der Waals surface area contributed by atoms with Gasteiger partial charge in [-0.1, -0.05) is 19.1 Å². The second-order valence-electron chi connectivity index (χ2n) is 9.28. The minimum Gasteiger partial charge on any atom is -0.381 e. The normalized spacial score (nSPS) is 55.1. The Bertz CT molecular complexity index is 576. The molecule has 1 spiro atoms. The number of hydrogen-bond acceptors (Lipinski definition) is 4. The lowest BCUT2D eigenvalue weighted by Crippen LogP contribution is -2.66. The van der Waals surface area contributed by atoms with Gasteiger partial charge in [0.25, 0.3) is 0 Å². The van der Waals surface area contributed by atoms with Crippen molar-refractivity contribution >= 4 is 0 Å². The van der Waals surface area contributed by atoms with Gasteiger partial charge in [-0.2, -0.15) is 0 Å². The summed E-state index contributed by atoms with van der Waals surface area (Å²) in [6.45, 7) is 2.77. The quantitative estimate of drug-likeness (QED) is 0.713. The molecule has 4 aliphatic carbocycles. The van der Waals surface area contributed by atoms with E-state index in [1.165, 1.54) is 32.1 Å². The smallest absolute Gasteiger partial charge is 0.148 e. The Kier molecular flexibility index (Phi) is 4.28. The SMILES string of the molecule is CCC1C=CCCC2C1CC[C@]13CC(OC)[C@H]4CC2C1(OCO3)[C@H]4OC. The van der Waals surface area contributed by atoms with Crippen molar-refractivity contribution in [1.82, 2.24) is 0 Å². The fraction of sp³-hybridized carbons (Fsp3) is 0.909.